The fraction of sp³-hybridized carbons (Fsp3) is 0.364. The Morgan fingerprint density at radius 2 is 2.26 bits per heavy atom. The first-order valence-corrected chi connectivity index (χ1v) is 5.39. The summed E-state index contributed by atoms with van der Waals surface area (Å²) in [5, 5.41) is 31.3. The number of nitrogens with zero attached hydrogens (tertiary/aromatic N) is 1. The molecule has 1 unspecified atom stereocenters. The van der Waals surface area contributed by atoms with Gasteiger partial charge in [0.1, 0.15) is 5.69 Å². The zero-order valence-corrected chi connectivity index (χ0v) is 10.2. The maximum atomic E-state index is 11.3. The number of esters is 1. The Hall–Kier alpha value is -2.19. The van der Waals surface area contributed by atoms with E-state index in [2.05, 4.69) is 10.1 Å². The smallest absolute Gasteiger partial charge is 0.337 e. The molecule has 0 heterocycles. The van der Waals surface area contributed by atoms with Crippen LogP contribution in [0.25, 0.3) is 0 Å². The Bertz CT molecular complexity index is 476. The molecule has 0 aliphatic carbocycles. The third kappa shape index (κ3) is 3.90. The quantitative estimate of drug-likeness (QED) is 0.382. The Morgan fingerprint density at radius 3 is 2.79 bits per heavy atom. The summed E-state index contributed by atoms with van der Waals surface area (Å²) in [6, 6.07) is 3.70. The van der Waals surface area contributed by atoms with Crippen molar-refractivity contribution in [3.63, 3.8) is 0 Å². The van der Waals surface area contributed by atoms with Gasteiger partial charge in [-0.1, -0.05) is 0 Å². The number of nitrogens with one attached hydrogen (secondary N) is 1. The summed E-state index contributed by atoms with van der Waals surface area (Å²) in [5.41, 5.74) is -0.0210. The molecule has 19 heavy (non-hydrogen) atoms. The standard InChI is InChI=1S/C11H14N2O6/c1-19-11(16)7-2-3-10(13(17)18)9(4-7)12-5-8(15)6-14/h2-4,8,12,14-15H,5-6H2,1H3. The molecule has 0 aliphatic heterocycles. The number of nitro benzene ring substituents is 1. The number of methoxy groups -OCH3 is 1. The molecule has 0 bridgehead atoms. The topological polar surface area (TPSA) is 122 Å². The van der Waals surface area contributed by atoms with Crippen LogP contribution in [0, 0.1) is 10.1 Å². The van der Waals surface area contributed by atoms with E-state index >= 15 is 0 Å². The molecule has 3 N–H and O–H groups in total. The van der Waals surface area contributed by atoms with E-state index in [9.17, 15) is 20.0 Å². The number of aliphatic hydroxyl groups is 2. The van der Waals surface area contributed by atoms with Gasteiger partial charge in [0.05, 0.1) is 30.3 Å². The molecule has 0 saturated carbocycles. The minimum absolute atomic E-state index is 0.0698. The van der Waals surface area contributed by atoms with Crippen molar-refractivity contribution in [2.45, 2.75) is 6.10 Å². The molecule has 104 valence electrons. The molecule has 0 aliphatic rings. The van der Waals surface area contributed by atoms with Gasteiger partial charge in [0.15, 0.2) is 0 Å². The minimum atomic E-state index is -1.05. The molecule has 1 aromatic carbocycles. The number of benzene rings is 1. The largest absolute Gasteiger partial charge is 0.465 e. The third-order valence-electron chi connectivity index (χ3n) is 2.35. The minimum Gasteiger partial charge on any atom is -0.465 e. The summed E-state index contributed by atoms with van der Waals surface area (Å²) in [7, 11) is 1.20. The number of hydrogen-bond donors (Lipinski definition) is 3. The van der Waals surface area contributed by atoms with Crippen molar-refractivity contribution in [1.29, 1.82) is 0 Å². The van der Waals surface area contributed by atoms with E-state index in [1.54, 1.807) is 0 Å². The number of nitro groups is 1. The lowest BCUT2D eigenvalue weighted by Crippen LogP contribution is -2.23. The summed E-state index contributed by atoms with van der Waals surface area (Å²) in [5.74, 6) is -0.624. The Labute approximate surface area is 108 Å². The van der Waals surface area contributed by atoms with Crippen molar-refractivity contribution in [1.82, 2.24) is 0 Å². The van der Waals surface area contributed by atoms with Crippen molar-refractivity contribution in [2.24, 2.45) is 0 Å². The van der Waals surface area contributed by atoms with Gasteiger partial charge in [-0.3, -0.25) is 10.1 Å². The number of carbonyl (C=O) groups is 1. The van der Waals surface area contributed by atoms with Crippen LogP contribution in [0.2, 0.25) is 0 Å². The Balaban J connectivity index is 3.01. The molecule has 0 radical (unpaired) electrons. The predicted molar refractivity (Wildman–Crippen MR) is 66.0 cm³/mol. The molecule has 1 aromatic rings. The maximum absolute atomic E-state index is 11.3. The zero-order chi connectivity index (χ0) is 14.4. The van der Waals surface area contributed by atoms with Crippen LogP contribution in [0.4, 0.5) is 11.4 Å². The van der Waals surface area contributed by atoms with E-state index in [0.29, 0.717) is 0 Å². The van der Waals surface area contributed by atoms with Gasteiger partial charge < -0.3 is 20.3 Å². The lowest BCUT2D eigenvalue weighted by Gasteiger charge is -2.11. The van der Waals surface area contributed by atoms with Gasteiger partial charge >= 0.3 is 5.97 Å². The van der Waals surface area contributed by atoms with Crippen LogP contribution in [0.3, 0.4) is 0 Å². The highest BCUT2D eigenvalue weighted by molar-refractivity contribution is 5.91. The molecule has 0 amide bonds. The monoisotopic (exact) mass is 270 g/mol. The average Bonchev–Trinajstić information content (AvgIpc) is 2.43. The number of rotatable bonds is 6. The second-order valence-corrected chi connectivity index (χ2v) is 3.70. The van der Waals surface area contributed by atoms with E-state index in [0.717, 1.165) is 0 Å². The van der Waals surface area contributed by atoms with Crippen molar-refractivity contribution >= 4 is 17.3 Å². The summed E-state index contributed by atoms with van der Waals surface area (Å²) in [6.07, 6.45) is -1.05. The molecule has 0 aromatic heterocycles. The predicted octanol–water partition coefficient (Wildman–Crippen LogP) is 0.146. The summed E-state index contributed by atoms with van der Waals surface area (Å²) in [6.45, 7) is -0.556. The first-order valence-electron chi connectivity index (χ1n) is 5.39. The van der Waals surface area contributed by atoms with Crippen molar-refractivity contribution in [3.8, 4) is 0 Å². The zero-order valence-electron chi connectivity index (χ0n) is 10.2. The summed E-state index contributed by atoms with van der Waals surface area (Å²) >= 11 is 0. The van der Waals surface area contributed by atoms with Gasteiger partial charge in [-0.2, -0.15) is 0 Å². The van der Waals surface area contributed by atoms with E-state index in [4.69, 9.17) is 5.11 Å². The van der Waals surface area contributed by atoms with Crippen LogP contribution in [-0.4, -0.2) is 47.5 Å². The second kappa shape index (κ2) is 6.66. The van der Waals surface area contributed by atoms with Gasteiger partial charge in [0.25, 0.3) is 5.69 Å². The highest BCUT2D eigenvalue weighted by Gasteiger charge is 2.17. The Kier molecular flexibility index (Phi) is 5.22. The van der Waals surface area contributed by atoms with Crippen LogP contribution < -0.4 is 5.32 Å². The van der Waals surface area contributed by atoms with Crippen LogP contribution in [0.1, 0.15) is 10.4 Å². The molecule has 0 spiro atoms. The molecular weight excluding hydrogens is 256 g/mol. The number of carbonyl (C=O) groups excluding carboxylic acids is 1. The normalized spacial score (nSPS) is 11.7. The SMILES string of the molecule is COC(=O)c1ccc([N+](=O)[O-])c(NCC(O)CO)c1. The fourth-order valence-corrected chi connectivity index (χ4v) is 1.37. The molecular formula is C11H14N2O6. The maximum Gasteiger partial charge on any atom is 0.337 e. The second-order valence-electron chi connectivity index (χ2n) is 3.70. The fourth-order valence-electron chi connectivity index (χ4n) is 1.37. The van der Waals surface area contributed by atoms with E-state index in [-0.39, 0.29) is 23.5 Å². The van der Waals surface area contributed by atoms with Gasteiger partial charge in [0.2, 0.25) is 0 Å². The number of anilines is 1. The molecule has 1 atom stereocenters. The molecule has 8 heteroatoms. The van der Waals surface area contributed by atoms with Crippen LogP contribution in [0.15, 0.2) is 18.2 Å². The molecule has 1 rings (SSSR count). The van der Waals surface area contributed by atoms with Crippen LogP contribution in [0.5, 0.6) is 0 Å². The third-order valence-corrected chi connectivity index (χ3v) is 2.35. The van der Waals surface area contributed by atoms with Crippen LogP contribution in [-0.2, 0) is 4.74 Å². The highest BCUT2D eigenvalue weighted by atomic mass is 16.6. The molecule has 0 fully saturated rings. The first kappa shape index (κ1) is 14.9. The van der Waals surface area contributed by atoms with Gasteiger partial charge in [0, 0.05) is 12.6 Å². The van der Waals surface area contributed by atoms with Crippen molar-refractivity contribution in [3.05, 3.63) is 33.9 Å². The van der Waals surface area contributed by atoms with Gasteiger partial charge in [-0.15, -0.1) is 0 Å². The van der Waals surface area contributed by atoms with E-state index < -0.39 is 23.6 Å². The summed E-state index contributed by atoms with van der Waals surface area (Å²) < 4.78 is 4.51. The van der Waals surface area contributed by atoms with E-state index in [1.165, 1.54) is 25.3 Å². The van der Waals surface area contributed by atoms with Gasteiger partial charge in [-0.05, 0) is 12.1 Å². The first-order chi connectivity index (χ1) is 8.99. The highest BCUT2D eigenvalue weighted by Crippen LogP contribution is 2.25. The lowest BCUT2D eigenvalue weighted by atomic mass is 10.1. The van der Waals surface area contributed by atoms with E-state index in [1.807, 2.05) is 0 Å². The Morgan fingerprint density at radius 1 is 1.58 bits per heavy atom. The number of aliphatic hydroxyl groups excluding tert-OH is 2. The van der Waals surface area contributed by atoms with Crippen molar-refractivity contribution < 1.29 is 24.7 Å². The lowest BCUT2D eigenvalue weighted by molar-refractivity contribution is -0.384. The average molecular weight is 270 g/mol. The number of hydrogen-bond acceptors (Lipinski definition) is 7. The van der Waals surface area contributed by atoms with Crippen molar-refractivity contribution in [2.75, 3.05) is 25.6 Å². The molecule has 0 saturated heterocycles. The summed E-state index contributed by atoms with van der Waals surface area (Å²) in [4.78, 5) is 21.5. The number of ether oxygens (including phenoxy) is 1. The van der Waals surface area contributed by atoms with Crippen LogP contribution >= 0.6 is 0 Å². The van der Waals surface area contributed by atoms with Gasteiger partial charge in [-0.25, -0.2) is 4.79 Å². The molecule has 8 nitrogen and oxygen atoms in total.